The van der Waals surface area contributed by atoms with Gasteiger partial charge in [0, 0.05) is 16.8 Å². The van der Waals surface area contributed by atoms with Crippen molar-refractivity contribution in [2.75, 3.05) is 11.1 Å². The summed E-state index contributed by atoms with van der Waals surface area (Å²) in [4.78, 5) is 25.9. The van der Waals surface area contributed by atoms with Crippen LogP contribution in [0.5, 0.6) is 0 Å². The molecule has 0 aliphatic heterocycles. The summed E-state index contributed by atoms with van der Waals surface area (Å²) in [5.41, 5.74) is 7.13. The van der Waals surface area contributed by atoms with Crippen molar-refractivity contribution in [2.45, 2.75) is 31.1 Å². The van der Waals surface area contributed by atoms with Gasteiger partial charge in [-0.15, -0.1) is 0 Å². The zero-order valence-corrected chi connectivity index (χ0v) is 21.6. The maximum absolute atomic E-state index is 13.3. The molecule has 0 aromatic heterocycles. The predicted octanol–water partition coefficient (Wildman–Crippen LogP) is 1.45. The number of carbonyl (C=O) groups is 2. The predicted molar refractivity (Wildman–Crippen MR) is 124 cm³/mol. The molecule has 1 aliphatic rings. The molecular weight excluding hydrogens is 451 g/mol. The molecule has 3 aromatic carbocycles. The Labute approximate surface area is 215 Å². The fraction of sp³-hybridized carbons (Fsp3) is 0.167. The van der Waals surface area contributed by atoms with Crippen LogP contribution in [-0.4, -0.2) is 24.5 Å². The Morgan fingerprint density at radius 1 is 0.909 bits per heavy atom. The third-order valence-corrected chi connectivity index (χ3v) is 6.38. The van der Waals surface area contributed by atoms with Crippen molar-refractivity contribution in [2.24, 2.45) is 0 Å². The number of benzene rings is 3. The second-order valence-corrected chi connectivity index (χ2v) is 10.1. The average Bonchev–Trinajstić information content (AvgIpc) is 2.71. The van der Waals surface area contributed by atoms with Crippen molar-refractivity contribution in [3.63, 3.8) is 0 Å². The summed E-state index contributed by atoms with van der Waals surface area (Å²) in [6.45, 7) is 6.15. The normalized spacial score (nSPS) is 13.1. The average molecular weight is 475 g/mol. The van der Waals surface area contributed by atoms with Crippen molar-refractivity contribution in [3.05, 3.63) is 82.4 Å². The van der Waals surface area contributed by atoms with Crippen LogP contribution >= 0.6 is 0 Å². The standard InChI is InChI=1S/C24H22N2O5S.Na.H/c1-24(2,3)13-7-6-8-14(11-13)26-17-12-18(32(29,30)31)21(25)20-19(17)22(27)15-9-4-5-10-16(15)23(20)28;;/h4-12,26H,25H2,1-3H3,(H,29,30,31);;/q;+1;-1. The van der Waals surface area contributed by atoms with E-state index in [2.05, 4.69) is 5.32 Å². The number of hydrogen-bond acceptors (Lipinski definition) is 6. The third kappa shape index (κ3) is 4.49. The molecule has 0 spiro atoms. The minimum absolute atomic E-state index is 0. The van der Waals surface area contributed by atoms with Crippen LogP contribution in [0, 0.1) is 0 Å². The Balaban J connectivity index is 0.00000204. The topological polar surface area (TPSA) is 127 Å². The van der Waals surface area contributed by atoms with E-state index in [4.69, 9.17) is 5.73 Å². The Morgan fingerprint density at radius 3 is 2.03 bits per heavy atom. The van der Waals surface area contributed by atoms with E-state index in [1.807, 2.05) is 39.0 Å². The summed E-state index contributed by atoms with van der Waals surface area (Å²) in [7, 11) is -4.76. The first kappa shape index (κ1) is 25.1. The van der Waals surface area contributed by atoms with Gasteiger partial charge in [-0.2, -0.15) is 8.42 Å². The molecule has 4 N–H and O–H groups in total. The van der Waals surface area contributed by atoms with E-state index >= 15 is 0 Å². The minimum atomic E-state index is -4.76. The molecule has 0 atom stereocenters. The first-order valence-corrected chi connectivity index (χ1v) is 11.3. The van der Waals surface area contributed by atoms with Crippen LogP contribution in [0.1, 0.15) is 59.6 Å². The van der Waals surface area contributed by atoms with Crippen LogP contribution in [0.25, 0.3) is 0 Å². The number of nitrogen functional groups attached to an aromatic ring is 1. The number of carbonyl (C=O) groups excluding carboxylic acids is 2. The molecule has 0 saturated carbocycles. The van der Waals surface area contributed by atoms with Crippen LogP contribution in [-0.2, 0) is 15.5 Å². The first-order valence-electron chi connectivity index (χ1n) is 9.89. The molecule has 7 nitrogen and oxygen atoms in total. The first-order chi connectivity index (χ1) is 14.9. The van der Waals surface area contributed by atoms with E-state index in [0.717, 1.165) is 11.6 Å². The van der Waals surface area contributed by atoms with E-state index in [9.17, 15) is 22.6 Å². The van der Waals surface area contributed by atoms with Gasteiger partial charge in [-0.1, -0.05) is 57.2 Å². The van der Waals surface area contributed by atoms with Crippen LogP contribution in [0.3, 0.4) is 0 Å². The zero-order valence-electron chi connectivity index (χ0n) is 19.8. The fourth-order valence-electron chi connectivity index (χ4n) is 3.82. The molecule has 0 bridgehead atoms. The van der Waals surface area contributed by atoms with Gasteiger partial charge in [0.2, 0.25) is 0 Å². The van der Waals surface area contributed by atoms with Gasteiger partial charge in [-0.25, -0.2) is 0 Å². The molecule has 166 valence electrons. The van der Waals surface area contributed by atoms with Crippen molar-refractivity contribution in [1.82, 2.24) is 0 Å². The molecule has 0 radical (unpaired) electrons. The van der Waals surface area contributed by atoms with Crippen LogP contribution in [0.4, 0.5) is 17.1 Å². The maximum atomic E-state index is 13.3. The number of rotatable bonds is 3. The van der Waals surface area contributed by atoms with Gasteiger partial charge in [-0.3, -0.25) is 14.1 Å². The van der Waals surface area contributed by atoms with E-state index < -0.39 is 32.3 Å². The second-order valence-electron chi connectivity index (χ2n) is 8.72. The fourth-order valence-corrected chi connectivity index (χ4v) is 4.47. The summed E-state index contributed by atoms with van der Waals surface area (Å²) in [5.74, 6) is -1.04. The van der Waals surface area contributed by atoms with Gasteiger partial charge >= 0.3 is 29.6 Å². The number of ketones is 2. The molecule has 1 aliphatic carbocycles. The van der Waals surface area contributed by atoms with E-state index in [1.165, 1.54) is 12.1 Å². The molecule has 3 aromatic rings. The van der Waals surface area contributed by atoms with Crippen molar-refractivity contribution < 1.29 is 53.5 Å². The van der Waals surface area contributed by atoms with Gasteiger partial charge in [0.05, 0.1) is 22.5 Å². The molecular formula is C24H23N2NaO5S. The summed E-state index contributed by atoms with van der Waals surface area (Å²) < 4.78 is 33.8. The molecule has 9 heteroatoms. The van der Waals surface area contributed by atoms with Gasteiger partial charge < -0.3 is 12.5 Å². The van der Waals surface area contributed by atoms with E-state index in [0.29, 0.717) is 5.69 Å². The zero-order chi connectivity index (χ0) is 23.4. The summed E-state index contributed by atoms with van der Waals surface area (Å²) in [6, 6.07) is 14.8. The summed E-state index contributed by atoms with van der Waals surface area (Å²) >= 11 is 0. The van der Waals surface area contributed by atoms with Crippen LogP contribution < -0.4 is 40.6 Å². The number of hydrogen-bond donors (Lipinski definition) is 3. The molecule has 0 unspecified atom stereocenters. The Morgan fingerprint density at radius 2 is 1.48 bits per heavy atom. The maximum Gasteiger partial charge on any atom is 1.00 e. The number of nitrogens with one attached hydrogen (secondary N) is 1. The monoisotopic (exact) mass is 474 g/mol. The SMILES string of the molecule is CC(C)(C)c1cccc(Nc2cc(S(=O)(=O)O)c(N)c3c2C(=O)c2ccccc2C3=O)c1.[H-].[Na+]. The summed E-state index contributed by atoms with van der Waals surface area (Å²) in [6.07, 6.45) is 0. The van der Waals surface area contributed by atoms with Crippen LogP contribution in [0.15, 0.2) is 59.5 Å². The Kier molecular flexibility index (Phi) is 6.63. The largest absolute Gasteiger partial charge is 1.00 e. The molecule has 4 rings (SSSR count). The van der Waals surface area contributed by atoms with Gasteiger partial charge in [0.25, 0.3) is 10.1 Å². The number of fused-ring (bicyclic) bond motifs is 2. The number of anilines is 3. The van der Waals surface area contributed by atoms with Crippen molar-refractivity contribution in [3.8, 4) is 0 Å². The summed E-state index contributed by atoms with van der Waals surface area (Å²) in [5, 5.41) is 3.06. The molecule has 0 saturated heterocycles. The van der Waals surface area contributed by atoms with Crippen LogP contribution in [0.2, 0.25) is 0 Å². The molecule has 0 heterocycles. The van der Waals surface area contributed by atoms with Gasteiger partial charge in [-0.05, 0) is 29.2 Å². The minimum Gasteiger partial charge on any atom is -1.00 e. The second kappa shape index (κ2) is 8.70. The quantitative estimate of drug-likeness (QED) is 0.233. The van der Waals surface area contributed by atoms with Crippen molar-refractivity contribution >= 4 is 38.7 Å². The van der Waals surface area contributed by atoms with E-state index in [1.54, 1.807) is 18.2 Å². The molecule has 0 amide bonds. The third-order valence-electron chi connectivity index (χ3n) is 5.49. The van der Waals surface area contributed by atoms with E-state index in [-0.39, 0.29) is 64.3 Å². The van der Waals surface area contributed by atoms with Crippen molar-refractivity contribution in [1.29, 1.82) is 0 Å². The smallest absolute Gasteiger partial charge is 1.00 e. The Bertz CT molecular complexity index is 1420. The van der Waals surface area contributed by atoms with Gasteiger partial charge in [0.15, 0.2) is 11.6 Å². The van der Waals surface area contributed by atoms with Gasteiger partial charge in [0.1, 0.15) is 4.90 Å². The Hall–Kier alpha value is -2.49. The number of nitrogens with two attached hydrogens (primary N) is 1. The molecule has 0 fully saturated rings. The molecule has 33 heavy (non-hydrogen) atoms.